The van der Waals surface area contributed by atoms with E-state index in [0.717, 1.165) is 0 Å². The lowest BCUT2D eigenvalue weighted by atomic mass is 10.1. The van der Waals surface area contributed by atoms with Crippen LogP contribution in [-0.2, 0) is 4.79 Å². The highest BCUT2D eigenvalue weighted by atomic mass is 16.2. The molecule has 1 unspecified atom stereocenters. The Morgan fingerprint density at radius 3 is 2.73 bits per heavy atom. The molecule has 1 atom stereocenters. The smallest absolute Gasteiger partial charge is 0.272 e. The van der Waals surface area contributed by atoms with E-state index in [0.29, 0.717) is 6.42 Å². The zero-order chi connectivity index (χ0) is 11.3. The fourth-order valence-corrected chi connectivity index (χ4v) is 1.07. The lowest BCUT2D eigenvalue weighted by molar-refractivity contribution is -0.120. The highest BCUT2D eigenvalue weighted by Gasteiger charge is 2.15. The van der Waals surface area contributed by atoms with Crippen molar-refractivity contribution < 1.29 is 9.59 Å². The summed E-state index contributed by atoms with van der Waals surface area (Å²) in [5.74, 6) is -0.385. The SMILES string of the molecule is CCC(=O)C(C)NC(=O)c1cnccn1. The number of hydrogen-bond donors (Lipinski definition) is 1. The molecule has 0 aliphatic carbocycles. The Morgan fingerprint density at radius 1 is 1.47 bits per heavy atom. The largest absolute Gasteiger partial charge is 0.341 e. The van der Waals surface area contributed by atoms with E-state index < -0.39 is 6.04 Å². The summed E-state index contributed by atoms with van der Waals surface area (Å²) in [6.45, 7) is 3.41. The number of nitrogens with zero attached hydrogens (tertiary/aromatic N) is 2. The van der Waals surface area contributed by atoms with Gasteiger partial charge in [0.2, 0.25) is 0 Å². The molecule has 0 fully saturated rings. The van der Waals surface area contributed by atoms with E-state index in [1.54, 1.807) is 13.8 Å². The zero-order valence-electron chi connectivity index (χ0n) is 8.73. The van der Waals surface area contributed by atoms with Crippen molar-refractivity contribution in [3.05, 3.63) is 24.3 Å². The normalized spacial score (nSPS) is 11.9. The quantitative estimate of drug-likeness (QED) is 0.783. The second-order valence-electron chi connectivity index (χ2n) is 3.11. The molecule has 5 heteroatoms. The second-order valence-corrected chi connectivity index (χ2v) is 3.11. The van der Waals surface area contributed by atoms with Crippen LogP contribution in [0.5, 0.6) is 0 Å². The molecule has 0 bridgehead atoms. The number of aromatic nitrogens is 2. The third-order valence-electron chi connectivity index (χ3n) is 1.97. The molecule has 0 radical (unpaired) electrons. The molecule has 0 spiro atoms. The van der Waals surface area contributed by atoms with Gasteiger partial charge in [0.15, 0.2) is 5.78 Å². The van der Waals surface area contributed by atoms with Gasteiger partial charge < -0.3 is 5.32 Å². The number of amides is 1. The molecule has 1 N–H and O–H groups in total. The van der Waals surface area contributed by atoms with Gasteiger partial charge in [0.25, 0.3) is 5.91 Å². The minimum Gasteiger partial charge on any atom is -0.341 e. The van der Waals surface area contributed by atoms with Crippen LogP contribution in [0.3, 0.4) is 0 Å². The first kappa shape index (κ1) is 11.3. The number of carbonyl (C=O) groups excluding carboxylic acids is 2. The Kier molecular flexibility index (Phi) is 3.91. The Morgan fingerprint density at radius 2 is 2.20 bits per heavy atom. The lowest BCUT2D eigenvalue weighted by Gasteiger charge is -2.10. The molecule has 15 heavy (non-hydrogen) atoms. The first-order chi connectivity index (χ1) is 7.15. The lowest BCUT2D eigenvalue weighted by Crippen LogP contribution is -2.38. The average Bonchev–Trinajstić information content (AvgIpc) is 2.29. The summed E-state index contributed by atoms with van der Waals surface area (Å²) in [5, 5.41) is 2.56. The molecule has 1 aromatic heterocycles. The second kappa shape index (κ2) is 5.19. The minimum absolute atomic E-state index is 0.00718. The molecule has 0 aliphatic rings. The Balaban J connectivity index is 2.61. The van der Waals surface area contributed by atoms with Gasteiger partial charge in [-0.2, -0.15) is 0 Å². The Bertz CT molecular complexity index is 351. The van der Waals surface area contributed by atoms with Gasteiger partial charge in [0.1, 0.15) is 5.69 Å². The van der Waals surface area contributed by atoms with E-state index >= 15 is 0 Å². The van der Waals surface area contributed by atoms with Gasteiger partial charge in [-0.3, -0.25) is 14.6 Å². The topological polar surface area (TPSA) is 72.0 Å². The van der Waals surface area contributed by atoms with Gasteiger partial charge >= 0.3 is 0 Å². The van der Waals surface area contributed by atoms with Crippen molar-refractivity contribution in [2.75, 3.05) is 0 Å². The molecule has 0 saturated heterocycles. The maximum absolute atomic E-state index is 11.5. The molecule has 0 aliphatic heterocycles. The molecule has 1 amide bonds. The summed E-state index contributed by atoms with van der Waals surface area (Å²) >= 11 is 0. The van der Waals surface area contributed by atoms with Gasteiger partial charge in [-0.15, -0.1) is 0 Å². The van der Waals surface area contributed by atoms with Crippen LogP contribution in [-0.4, -0.2) is 27.7 Å². The van der Waals surface area contributed by atoms with E-state index in [1.807, 2.05) is 0 Å². The molecule has 1 heterocycles. The summed E-state index contributed by atoms with van der Waals surface area (Å²) < 4.78 is 0. The summed E-state index contributed by atoms with van der Waals surface area (Å²) in [6.07, 6.45) is 4.68. The van der Waals surface area contributed by atoms with Crippen LogP contribution in [0.4, 0.5) is 0 Å². The maximum Gasteiger partial charge on any atom is 0.272 e. The fraction of sp³-hybridized carbons (Fsp3) is 0.400. The number of hydrogen-bond acceptors (Lipinski definition) is 4. The van der Waals surface area contributed by atoms with Gasteiger partial charge in [-0.05, 0) is 6.92 Å². The van der Waals surface area contributed by atoms with Crippen LogP contribution in [0.2, 0.25) is 0 Å². The fourth-order valence-electron chi connectivity index (χ4n) is 1.07. The predicted molar refractivity (Wildman–Crippen MR) is 54.3 cm³/mol. The van der Waals surface area contributed by atoms with Crippen LogP contribution >= 0.6 is 0 Å². The van der Waals surface area contributed by atoms with Gasteiger partial charge in [0.05, 0.1) is 12.2 Å². The zero-order valence-corrected chi connectivity index (χ0v) is 8.73. The molecule has 0 saturated carbocycles. The molecule has 0 aromatic carbocycles. The van der Waals surface area contributed by atoms with Crippen LogP contribution in [0, 0.1) is 0 Å². The number of carbonyl (C=O) groups is 2. The number of rotatable bonds is 4. The van der Waals surface area contributed by atoms with Crippen LogP contribution in [0.15, 0.2) is 18.6 Å². The van der Waals surface area contributed by atoms with Gasteiger partial charge in [-0.1, -0.05) is 6.92 Å². The molecular weight excluding hydrogens is 194 g/mol. The van der Waals surface area contributed by atoms with Crippen molar-refractivity contribution in [1.82, 2.24) is 15.3 Å². The van der Waals surface area contributed by atoms with Crippen molar-refractivity contribution in [3.63, 3.8) is 0 Å². The summed E-state index contributed by atoms with van der Waals surface area (Å²) in [6, 6.07) is -0.482. The van der Waals surface area contributed by atoms with Crippen molar-refractivity contribution in [1.29, 1.82) is 0 Å². The maximum atomic E-state index is 11.5. The third-order valence-corrected chi connectivity index (χ3v) is 1.97. The van der Waals surface area contributed by atoms with E-state index in [2.05, 4.69) is 15.3 Å². The van der Waals surface area contributed by atoms with E-state index in [4.69, 9.17) is 0 Å². The average molecular weight is 207 g/mol. The van der Waals surface area contributed by atoms with Gasteiger partial charge in [0, 0.05) is 18.8 Å². The number of Topliss-reactive ketones (excluding diaryl/α,β-unsaturated/α-hetero) is 1. The van der Waals surface area contributed by atoms with Crippen molar-refractivity contribution >= 4 is 11.7 Å². The number of ketones is 1. The Hall–Kier alpha value is -1.78. The first-order valence-corrected chi connectivity index (χ1v) is 4.74. The Labute approximate surface area is 87.9 Å². The standard InChI is InChI=1S/C10H13N3O2/c1-3-9(14)7(2)13-10(15)8-6-11-4-5-12-8/h4-7H,3H2,1-2H3,(H,13,15). The van der Waals surface area contributed by atoms with Crippen LogP contribution in [0.1, 0.15) is 30.8 Å². The monoisotopic (exact) mass is 207 g/mol. The van der Waals surface area contributed by atoms with E-state index in [-0.39, 0.29) is 17.4 Å². The molecule has 1 rings (SSSR count). The highest BCUT2D eigenvalue weighted by molar-refractivity contribution is 5.96. The number of nitrogens with one attached hydrogen (secondary N) is 1. The predicted octanol–water partition coefficient (Wildman–Crippen LogP) is 0.574. The third kappa shape index (κ3) is 3.12. The highest BCUT2D eigenvalue weighted by Crippen LogP contribution is 1.94. The molecule has 5 nitrogen and oxygen atoms in total. The van der Waals surface area contributed by atoms with Crippen molar-refractivity contribution in [2.45, 2.75) is 26.3 Å². The summed E-state index contributed by atoms with van der Waals surface area (Å²) in [4.78, 5) is 30.3. The van der Waals surface area contributed by atoms with Crippen molar-refractivity contribution in [2.24, 2.45) is 0 Å². The first-order valence-electron chi connectivity index (χ1n) is 4.74. The van der Waals surface area contributed by atoms with Gasteiger partial charge in [-0.25, -0.2) is 4.98 Å². The molecule has 80 valence electrons. The molecular formula is C10H13N3O2. The minimum atomic E-state index is -0.482. The van der Waals surface area contributed by atoms with Crippen molar-refractivity contribution in [3.8, 4) is 0 Å². The van der Waals surface area contributed by atoms with Crippen LogP contribution < -0.4 is 5.32 Å². The summed E-state index contributed by atoms with van der Waals surface area (Å²) in [5.41, 5.74) is 0.216. The molecule has 1 aromatic rings. The summed E-state index contributed by atoms with van der Waals surface area (Å²) in [7, 11) is 0. The van der Waals surface area contributed by atoms with Crippen LogP contribution in [0.25, 0.3) is 0 Å². The van der Waals surface area contributed by atoms with E-state index in [9.17, 15) is 9.59 Å². The van der Waals surface area contributed by atoms with E-state index in [1.165, 1.54) is 18.6 Å².